The molecular weight excluding hydrogens is 304 g/mol. The van der Waals surface area contributed by atoms with Crippen molar-refractivity contribution in [2.24, 2.45) is 0 Å². The Hall–Kier alpha value is -2.63. The summed E-state index contributed by atoms with van der Waals surface area (Å²) in [5, 5.41) is 2.91. The van der Waals surface area contributed by atoms with Crippen LogP contribution in [0.2, 0.25) is 0 Å². The van der Waals surface area contributed by atoms with Gasteiger partial charge in [0.05, 0.1) is 17.9 Å². The molecule has 6 nitrogen and oxygen atoms in total. The van der Waals surface area contributed by atoms with Crippen LogP contribution in [-0.4, -0.2) is 43.1 Å². The number of nitrogens with one attached hydrogen (secondary N) is 1. The monoisotopic (exact) mass is 328 g/mol. The number of aryl methyl sites for hydroxylation is 1. The van der Waals surface area contributed by atoms with Crippen LogP contribution in [0.5, 0.6) is 5.75 Å². The lowest BCUT2D eigenvalue weighted by Crippen LogP contribution is -2.27. The Morgan fingerprint density at radius 3 is 2.54 bits per heavy atom. The molecule has 6 heteroatoms. The highest BCUT2D eigenvalue weighted by molar-refractivity contribution is 5.94. The van der Waals surface area contributed by atoms with Gasteiger partial charge in [0.15, 0.2) is 0 Å². The molecule has 1 aromatic carbocycles. The topological polar surface area (TPSA) is 67.3 Å². The Balaban J connectivity index is 1.89. The maximum atomic E-state index is 12.3. The van der Waals surface area contributed by atoms with Crippen LogP contribution in [0.15, 0.2) is 30.5 Å². The number of hydrogen-bond donors (Lipinski definition) is 1. The quantitative estimate of drug-likeness (QED) is 0.844. The highest BCUT2D eigenvalue weighted by Crippen LogP contribution is 2.12. The van der Waals surface area contributed by atoms with Crippen molar-refractivity contribution in [3.8, 4) is 5.75 Å². The number of ether oxygens (including phenoxy) is 1. The van der Waals surface area contributed by atoms with Crippen LogP contribution in [0, 0.1) is 6.92 Å². The summed E-state index contributed by atoms with van der Waals surface area (Å²) in [6.45, 7) is 4.99. The van der Waals surface area contributed by atoms with Gasteiger partial charge in [-0.05, 0) is 38.0 Å². The molecule has 0 spiro atoms. The second-order valence-corrected chi connectivity index (χ2v) is 5.65. The third kappa shape index (κ3) is 4.68. The molecule has 0 aliphatic carbocycles. The first kappa shape index (κ1) is 17.7. The minimum absolute atomic E-state index is 0.149. The standard InChI is InChI=1S/C18H24N4O2/c1-5-24-15-8-6-14(7-9-15)10-11-19-17(23)16-12-20-18(22(3)4)21-13(16)2/h6-9,12H,5,10-11H2,1-4H3,(H,19,23). The summed E-state index contributed by atoms with van der Waals surface area (Å²) in [5.74, 6) is 1.31. The van der Waals surface area contributed by atoms with Crippen LogP contribution >= 0.6 is 0 Å². The summed E-state index contributed by atoms with van der Waals surface area (Å²) in [5.41, 5.74) is 2.33. The van der Waals surface area contributed by atoms with E-state index in [1.165, 1.54) is 0 Å². The SMILES string of the molecule is CCOc1ccc(CCNC(=O)c2cnc(N(C)C)nc2C)cc1. The van der Waals surface area contributed by atoms with Crippen molar-refractivity contribution in [2.45, 2.75) is 20.3 Å². The van der Waals surface area contributed by atoms with Gasteiger partial charge in [-0.15, -0.1) is 0 Å². The molecule has 2 aromatic rings. The number of amides is 1. The van der Waals surface area contributed by atoms with E-state index >= 15 is 0 Å². The van der Waals surface area contributed by atoms with Crippen molar-refractivity contribution < 1.29 is 9.53 Å². The molecule has 0 saturated heterocycles. The summed E-state index contributed by atoms with van der Waals surface area (Å²) in [4.78, 5) is 22.6. The van der Waals surface area contributed by atoms with E-state index in [9.17, 15) is 4.79 Å². The maximum absolute atomic E-state index is 12.3. The Morgan fingerprint density at radius 2 is 1.96 bits per heavy atom. The third-order valence-corrected chi connectivity index (χ3v) is 3.54. The number of carbonyl (C=O) groups excluding carboxylic acids is 1. The Labute approximate surface area is 142 Å². The van der Waals surface area contributed by atoms with Gasteiger partial charge in [-0.3, -0.25) is 4.79 Å². The van der Waals surface area contributed by atoms with Crippen LogP contribution < -0.4 is 15.0 Å². The number of benzene rings is 1. The predicted molar refractivity (Wildman–Crippen MR) is 94.7 cm³/mol. The van der Waals surface area contributed by atoms with Crippen molar-refractivity contribution in [3.05, 3.63) is 47.3 Å². The Kier molecular flexibility index (Phi) is 6.12. The van der Waals surface area contributed by atoms with Crippen molar-refractivity contribution >= 4 is 11.9 Å². The number of hydrogen-bond acceptors (Lipinski definition) is 5. The fraction of sp³-hybridized carbons (Fsp3) is 0.389. The third-order valence-electron chi connectivity index (χ3n) is 3.54. The van der Waals surface area contributed by atoms with Gasteiger partial charge in [-0.25, -0.2) is 9.97 Å². The fourth-order valence-corrected chi connectivity index (χ4v) is 2.23. The van der Waals surface area contributed by atoms with Crippen molar-refractivity contribution in [3.63, 3.8) is 0 Å². The summed E-state index contributed by atoms with van der Waals surface area (Å²) in [6, 6.07) is 7.91. The van der Waals surface area contributed by atoms with Crippen LogP contribution in [0.3, 0.4) is 0 Å². The molecule has 1 N–H and O–H groups in total. The molecule has 0 unspecified atom stereocenters. The van der Waals surface area contributed by atoms with Gasteiger partial charge >= 0.3 is 0 Å². The molecule has 0 aliphatic heterocycles. The Morgan fingerprint density at radius 1 is 1.25 bits per heavy atom. The second-order valence-electron chi connectivity index (χ2n) is 5.65. The minimum Gasteiger partial charge on any atom is -0.494 e. The van der Waals surface area contributed by atoms with Crippen LogP contribution in [0.25, 0.3) is 0 Å². The van der Waals surface area contributed by atoms with E-state index in [0.717, 1.165) is 17.7 Å². The van der Waals surface area contributed by atoms with Gasteiger partial charge in [-0.2, -0.15) is 0 Å². The molecule has 1 heterocycles. The number of aromatic nitrogens is 2. The van der Waals surface area contributed by atoms with E-state index in [0.29, 0.717) is 30.4 Å². The van der Waals surface area contributed by atoms with E-state index in [1.807, 2.05) is 52.2 Å². The summed E-state index contributed by atoms with van der Waals surface area (Å²) in [7, 11) is 3.73. The average Bonchev–Trinajstić information content (AvgIpc) is 2.56. The van der Waals surface area contributed by atoms with Gasteiger partial charge in [0, 0.05) is 26.8 Å². The summed E-state index contributed by atoms with van der Waals surface area (Å²) < 4.78 is 5.41. The first-order valence-electron chi connectivity index (χ1n) is 8.02. The zero-order valence-corrected chi connectivity index (χ0v) is 14.7. The first-order chi connectivity index (χ1) is 11.5. The van der Waals surface area contributed by atoms with Crippen LogP contribution in [0.1, 0.15) is 28.5 Å². The van der Waals surface area contributed by atoms with E-state index in [1.54, 1.807) is 11.1 Å². The molecule has 0 atom stereocenters. The zero-order valence-electron chi connectivity index (χ0n) is 14.7. The highest BCUT2D eigenvalue weighted by atomic mass is 16.5. The number of nitrogens with zero attached hydrogens (tertiary/aromatic N) is 3. The maximum Gasteiger partial charge on any atom is 0.254 e. The highest BCUT2D eigenvalue weighted by Gasteiger charge is 2.12. The fourth-order valence-electron chi connectivity index (χ4n) is 2.23. The Bertz CT molecular complexity index is 684. The first-order valence-corrected chi connectivity index (χ1v) is 8.02. The molecule has 2 rings (SSSR count). The largest absolute Gasteiger partial charge is 0.494 e. The predicted octanol–water partition coefficient (Wildman–Crippen LogP) is 2.22. The van der Waals surface area contributed by atoms with Crippen molar-refractivity contribution in [1.82, 2.24) is 15.3 Å². The van der Waals surface area contributed by atoms with Crippen LogP contribution in [-0.2, 0) is 6.42 Å². The smallest absolute Gasteiger partial charge is 0.254 e. The van der Waals surface area contributed by atoms with E-state index in [4.69, 9.17) is 4.74 Å². The van der Waals surface area contributed by atoms with Gasteiger partial charge in [-0.1, -0.05) is 12.1 Å². The van der Waals surface area contributed by atoms with Crippen molar-refractivity contribution in [1.29, 1.82) is 0 Å². The molecule has 0 bridgehead atoms. The summed E-state index contributed by atoms with van der Waals surface area (Å²) in [6.07, 6.45) is 2.33. The van der Waals surface area contributed by atoms with Gasteiger partial charge < -0.3 is 15.0 Å². The zero-order chi connectivity index (χ0) is 17.5. The molecule has 0 aliphatic rings. The molecule has 0 saturated carbocycles. The number of anilines is 1. The molecule has 1 amide bonds. The lowest BCUT2D eigenvalue weighted by atomic mass is 10.1. The molecule has 24 heavy (non-hydrogen) atoms. The lowest BCUT2D eigenvalue weighted by molar-refractivity contribution is 0.0952. The van der Waals surface area contributed by atoms with Gasteiger partial charge in [0.25, 0.3) is 5.91 Å². The van der Waals surface area contributed by atoms with Crippen LogP contribution in [0.4, 0.5) is 5.95 Å². The van der Waals surface area contributed by atoms with E-state index < -0.39 is 0 Å². The molecular formula is C18H24N4O2. The summed E-state index contributed by atoms with van der Waals surface area (Å²) >= 11 is 0. The lowest BCUT2D eigenvalue weighted by Gasteiger charge is -2.12. The van der Waals surface area contributed by atoms with Crippen molar-refractivity contribution in [2.75, 3.05) is 32.1 Å². The molecule has 0 fully saturated rings. The van der Waals surface area contributed by atoms with Gasteiger partial charge in [0.2, 0.25) is 5.95 Å². The second kappa shape index (κ2) is 8.29. The number of rotatable bonds is 7. The van der Waals surface area contributed by atoms with Gasteiger partial charge in [0.1, 0.15) is 5.75 Å². The molecule has 0 radical (unpaired) electrons. The number of carbonyl (C=O) groups is 1. The molecule has 1 aromatic heterocycles. The minimum atomic E-state index is -0.149. The normalized spacial score (nSPS) is 10.3. The van der Waals surface area contributed by atoms with E-state index in [-0.39, 0.29) is 5.91 Å². The molecule has 128 valence electrons. The van der Waals surface area contributed by atoms with E-state index in [2.05, 4.69) is 15.3 Å². The average molecular weight is 328 g/mol.